The molecule has 2 saturated heterocycles. The summed E-state index contributed by atoms with van der Waals surface area (Å²) in [5.41, 5.74) is 0.708. The van der Waals surface area contributed by atoms with Gasteiger partial charge in [0.25, 0.3) is 5.91 Å². The molecule has 6 heteroatoms. The van der Waals surface area contributed by atoms with Crippen LogP contribution in [0.15, 0.2) is 24.3 Å². The average molecular weight is 355 g/mol. The summed E-state index contributed by atoms with van der Waals surface area (Å²) in [6.45, 7) is 4.03. The van der Waals surface area contributed by atoms with Crippen LogP contribution in [0.3, 0.4) is 0 Å². The van der Waals surface area contributed by atoms with E-state index in [2.05, 4.69) is 5.32 Å². The summed E-state index contributed by atoms with van der Waals surface area (Å²) in [5.74, 6) is 1.41. The zero-order chi connectivity index (χ0) is 16.1. The Bertz CT molecular complexity index is 535. The number of ether oxygens (including phenoxy) is 2. The summed E-state index contributed by atoms with van der Waals surface area (Å²) in [6.07, 6.45) is 3.42. The topological polar surface area (TPSA) is 50.8 Å². The van der Waals surface area contributed by atoms with Crippen molar-refractivity contribution in [3.05, 3.63) is 29.8 Å². The van der Waals surface area contributed by atoms with Gasteiger partial charge < -0.3 is 19.7 Å². The highest BCUT2D eigenvalue weighted by Gasteiger charge is 2.26. The van der Waals surface area contributed by atoms with Crippen LogP contribution in [0.25, 0.3) is 0 Å². The van der Waals surface area contributed by atoms with Gasteiger partial charge in [-0.25, -0.2) is 0 Å². The summed E-state index contributed by atoms with van der Waals surface area (Å²) < 4.78 is 11.4. The Morgan fingerprint density at radius 3 is 3.04 bits per heavy atom. The first kappa shape index (κ1) is 19.0. The number of amides is 1. The Labute approximate surface area is 150 Å². The molecule has 1 amide bonds. The number of carbonyl (C=O) groups is 1. The van der Waals surface area contributed by atoms with E-state index in [-0.39, 0.29) is 24.4 Å². The molecule has 0 saturated carbocycles. The second-order valence-electron chi connectivity index (χ2n) is 6.44. The molecule has 0 radical (unpaired) electrons. The van der Waals surface area contributed by atoms with Crippen LogP contribution >= 0.6 is 12.4 Å². The van der Waals surface area contributed by atoms with Gasteiger partial charge >= 0.3 is 0 Å². The highest BCUT2D eigenvalue weighted by Crippen LogP contribution is 2.21. The summed E-state index contributed by atoms with van der Waals surface area (Å²) in [4.78, 5) is 14.6. The van der Waals surface area contributed by atoms with Crippen LogP contribution in [-0.2, 0) is 4.74 Å². The van der Waals surface area contributed by atoms with Crippen LogP contribution in [0.4, 0.5) is 0 Å². The lowest BCUT2D eigenvalue weighted by Gasteiger charge is -2.17. The van der Waals surface area contributed by atoms with Crippen molar-refractivity contribution in [3.8, 4) is 5.75 Å². The maximum Gasteiger partial charge on any atom is 0.253 e. The molecule has 2 atom stereocenters. The van der Waals surface area contributed by atoms with Gasteiger partial charge in [-0.1, -0.05) is 6.07 Å². The average Bonchev–Trinajstić information content (AvgIpc) is 3.25. The summed E-state index contributed by atoms with van der Waals surface area (Å²) in [6, 6.07) is 7.51. The number of hydrogen-bond donors (Lipinski definition) is 1. The fourth-order valence-electron chi connectivity index (χ4n) is 3.34. The van der Waals surface area contributed by atoms with Crippen molar-refractivity contribution in [1.29, 1.82) is 0 Å². The number of hydrogen-bond acceptors (Lipinski definition) is 4. The molecule has 2 aliphatic rings. The maximum absolute atomic E-state index is 12.6. The van der Waals surface area contributed by atoms with E-state index in [1.807, 2.05) is 36.2 Å². The smallest absolute Gasteiger partial charge is 0.253 e. The highest BCUT2D eigenvalue weighted by molar-refractivity contribution is 5.94. The van der Waals surface area contributed by atoms with Crippen molar-refractivity contribution in [3.63, 3.8) is 0 Å². The molecule has 134 valence electrons. The Morgan fingerprint density at radius 2 is 2.29 bits per heavy atom. The molecule has 2 heterocycles. The van der Waals surface area contributed by atoms with E-state index >= 15 is 0 Å². The minimum atomic E-state index is 0. The van der Waals surface area contributed by atoms with Crippen molar-refractivity contribution >= 4 is 18.3 Å². The Hall–Kier alpha value is -1.30. The van der Waals surface area contributed by atoms with Crippen molar-refractivity contribution < 1.29 is 14.3 Å². The van der Waals surface area contributed by atoms with Gasteiger partial charge in [-0.2, -0.15) is 0 Å². The quantitative estimate of drug-likeness (QED) is 0.852. The van der Waals surface area contributed by atoms with E-state index in [1.54, 1.807) is 0 Å². The van der Waals surface area contributed by atoms with Gasteiger partial charge in [0.15, 0.2) is 0 Å². The molecule has 5 nitrogen and oxygen atoms in total. The van der Waals surface area contributed by atoms with Gasteiger partial charge in [-0.3, -0.25) is 4.79 Å². The molecule has 2 unspecified atom stereocenters. The third-order valence-corrected chi connectivity index (χ3v) is 4.61. The van der Waals surface area contributed by atoms with Crippen molar-refractivity contribution in [1.82, 2.24) is 10.2 Å². The monoisotopic (exact) mass is 354 g/mol. The first-order chi connectivity index (χ1) is 11.3. The zero-order valence-electron chi connectivity index (χ0n) is 14.2. The molecule has 3 rings (SSSR count). The molecular weight excluding hydrogens is 328 g/mol. The summed E-state index contributed by atoms with van der Waals surface area (Å²) in [7, 11) is 1.96. The Kier molecular flexibility index (Phi) is 7.34. The second kappa shape index (κ2) is 9.25. The van der Waals surface area contributed by atoms with Crippen LogP contribution in [-0.4, -0.2) is 56.8 Å². The Morgan fingerprint density at radius 1 is 1.42 bits per heavy atom. The molecule has 0 spiro atoms. The normalized spacial score (nSPS) is 23.1. The summed E-state index contributed by atoms with van der Waals surface area (Å²) in [5, 5.41) is 3.19. The molecule has 2 fully saturated rings. The number of benzene rings is 1. The lowest BCUT2D eigenvalue weighted by atomic mass is 10.1. The molecule has 1 N–H and O–H groups in total. The van der Waals surface area contributed by atoms with Crippen LogP contribution in [0.2, 0.25) is 0 Å². The van der Waals surface area contributed by atoms with E-state index in [0.717, 1.165) is 51.3 Å². The van der Waals surface area contributed by atoms with Crippen LogP contribution in [0.1, 0.15) is 29.6 Å². The number of nitrogens with zero attached hydrogens (tertiary/aromatic N) is 1. The lowest BCUT2D eigenvalue weighted by Crippen LogP contribution is -2.30. The van der Waals surface area contributed by atoms with E-state index in [0.29, 0.717) is 18.1 Å². The van der Waals surface area contributed by atoms with Gasteiger partial charge in [0.2, 0.25) is 0 Å². The molecule has 0 aromatic heterocycles. The van der Waals surface area contributed by atoms with Gasteiger partial charge in [-0.15, -0.1) is 12.4 Å². The molecule has 24 heavy (non-hydrogen) atoms. The molecule has 1 aromatic rings. The molecule has 0 bridgehead atoms. The molecular formula is C18H27ClN2O3. The Balaban J connectivity index is 0.00000208. The predicted octanol–water partition coefficient (Wildman–Crippen LogP) is 2.35. The lowest BCUT2D eigenvalue weighted by molar-refractivity contribution is 0.0678. The molecule has 1 aromatic carbocycles. The largest absolute Gasteiger partial charge is 0.491 e. The van der Waals surface area contributed by atoms with E-state index in [9.17, 15) is 4.79 Å². The third-order valence-electron chi connectivity index (χ3n) is 4.61. The molecule has 2 aliphatic heterocycles. The number of likely N-dealkylation sites (tertiary alicyclic amines) is 1. The zero-order valence-corrected chi connectivity index (χ0v) is 15.0. The minimum Gasteiger partial charge on any atom is -0.491 e. The second-order valence-corrected chi connectivity index (χ2v) is 6.44. The standard InChI is InChI=1S/C18H26N2O3.ClH/c1-19-11-14-7-8-20(12-14)18(21)15-4-2-5-16(10-15)23-13-17-6-3-9-22-17;/h2,4-5,10,14,17,19H,3,6-9,11-13H2,1H3;1H. The number of halogens is 1. The fraction of sp³-hybridized carbons (Fsp3) is 0.611. The van der Waals surface area contributed by atoms with E-state index in [4.69, 9.17) is 9.47 Å². The number of nitrogens with one attached hydrogen (secondary N) is 1. The van der Waals surface area contributed by atoms with E-state index < -0.39 is 0 Å². The predicted molar refractivity (Wildman–Crippen MR) is 96.1 cm³/mol. The fourth-order valence-corrected chi connectivity index (χ4v) is 3.34. The maximum atomic E-state index is 12.6. The van der Waals surface area contributed by atoms with Crippen LogP contribution in [0, 0.1) is 5.92 Å². The third kappa shape index (κ3) is 4.85. The van der Waals surface area contributed by atoms with Crippen molar-refractivity contribution in [2.75, 3.05) is 39.9 Å². The van der Waals surface area contributed by atoms with Crippen LogP contribution < -0.4 is 10.1 Å². The van der Waals surface area contributed by atoms with Gasteiger partial charge in [-0.05, 0) is 57.0 Å². The number of rotatable bonds is 6. The molecule has 0 aliphatic carbocycles. The SMILES string of the molecule is CNCC1CCN(C(=O)c2cccc(OCC3CCCO3)c2)C1.Cl. The van der Waals surface area contributed by atoms with Crippen molar-refractivity contribution in [2.45, 2.75) is 25.4 Å². The van der Waals surface area contributed by atoms with Crippen molar-refractivity contribution in [2.24, 2.45) is 5.92 Å². The van der Waals surface area contributed by atoms with Gasteiger partial charge in [0.1, 0.15) is 12.4 Å². The first-order valence-corrected chi connectivity index (χ1v) is 8.54. The first-order valence-electron chi connectivity index (χ1n) is 8.54. The highest BCUT2D eigenvalue weighted by atomic mass is 35.5. The van der Waals surface area contributed by atoms with Crippen LogP contribution in [0.5, 0.6) is 5.75 Å². The van der Waals surface area contributed by atoms with E-state index in [1.165, 1.54) is 0 Å². The minimum absolute atomic E-state index is 0. The summed E-state index contributed by atoms with van der Waals surface area (Å²) >= 11 is 0. The van der Waals surface area contributed by atoms with Gasteiger partial charge in [0, 0.05) is 25.3 Å². The van der Waals surface area contributed by atoms with Gasteiger partial charge in [0.05, 0.1) is 6.10 Å². The number of carbonyl (C=O) groups excluding carboxylic acids is 1.